The zero-order chi connectivity index (χ0) is 26.7. The summed E-state index contributed by atoms with van der Waals surface area (Å²) in [5, 5.41) is 14.2. The number of fused-ring (bicyclic) bond motifs is 4. The number of piperidine rings is 1. The minimum atomic E-state index is 0.194. The molecule has 5 aliphatic rings. The van der Waals surface area contributed by atoms with Crippen molar-refractivity contribution < 1.29 is 1.37 Å². The Balaban J connectivity index is 1.07. The molecule has 8 rings (SSSR count). The van der Waals surface area contributed by atoms with Gasteiger partial charge in [-0.25, -0.2) is 4.98 Å². The van der Waals surface area contributed by atoms with Crippen LogP contribution < -0.4 is 15.1 Å². The van der Waals surface area contributed by atoms with Gasteiger partial charge in [0.05, 0.1) is 12.5 Å². The van der Waals surface area contributed by atoms with E-state index < -0.39 is 0 Å². The third kappa shape index (κ3) is 4.19. The third-order valence-electron chi connectivity index (χ3n) is 9.07. The molecule has 5 aliphatic heterocycles. The topological polar surface area (TPSA) is 74.6 Å². The lowest BCUT2D eigenvalue weighted by Crippen LogP contribution is -2.67. The average Bonchev–Trinajstić information content (AvgIpc) is 2.93. The molecule has 8 nitrogen and oxygen atoms in total. The molecule has 8 heteroatoms. The van der Waals surface area contributed by atoms with Crippen LogP contribution in [0.5, 0.6) is 0 Å². The number of nitrogens with zero attached hydrogens (tertiary/aromatic N) is 7. The summed E-state index contributed by atoms with van der Waals surface area (Å²) in [5.41, 5.74) is 4.74. The third-order valence-corrected chi connectivity index (χ3v) is 9.07. The highest BCUT2D eigenvalue weighted by molar-refractivity contribution is 5.95. The van der Waals surface area contributed by atoms with Gasteiger partial charge >= 0.3 is 0 Å². The highest BCUT2D eigenvalue weighted by atomic mass is 15.4. The lowest BCUT2D eigenvalue weighted by Gasteiger charge is -2.51. The van der Waals surface area contributed by atoms with Crippen molar-refractivity contribution in [2.24, 2.45) is 0 Å². The number of nitrogens with one attached hydrogen (secondary N) is 1. The van der Waals surface area contributed by atoms with E-state index in [9.17, 15) is 5.26 Å². The summed E-state index contributed by atoms with van der Waals surface area (Å²) < 4.78 is 7.96. The van der Waals surface area contributed by atoms with Gasteiger partial charge in [0.15, 0.2) is 0 Å². The Morgan fingerprint density at radius 2 is 1.89 bits per heavy atom. The minimum absolute atomic E-state index is 0.194. The largest absolute Gasteiger partial charge is 0.368 e. The summed E-state index contributed by atoms with van der Waals surface area (Å²) >= 11 is 0. The van der Waals surface area contributed by atoms with Crippen LogP contribution in [0.4, 0.5) is 11.5 Å². The van der Waals surface area contributed by atoms with Gasteiger partial charge < -0.3 is 15.1 Å². The van der Waals surface area contributed by atoms with Gasteiger partial charge in [-0.05, 0) is 56.2 Å². The molecular formula is C30H36N8. The van der Waals surface area contributed by atoms with Crippen LogP contribution in [0.1, 0.15) is 31.5 Å². The van der Waals surface area contributed by atoms with Crippen molar-refractivity contribution in [1.29, 1.82) is 5.26 Å². The Kier molecular flexibility index (Phi) is 5.67. The molecule has 5 fully saturated rings. The van der Waals surface area contributed by atoms with Crippen LogP contribution in [0.2, 0.25) is 0 Å². The van der Waals surface area contributed by atoms with Gasteiger partial charge in [0.2, 0.25) is 0 Å². The van der Waals surface area contributed by atoms with E-state index in [1.54, 1.807) is 6.07 Å². The Labute approximate surface area is 226 Å². The van der Waals surface area contributed by atoms with Crippen LogP contribution in [0.25, 0.3) is 10.9 Å². The van der Waals surface area contributed by atoms with E-state index in [0.29, 0.717) is 35.2 Å². The SMILES string of the molecule is [2H]c1ccc2c(N3C[C@@H]4CN(Cc5ccc(N6CC7CC(C6)N7)nc5C)CCN4[C@H](C)C3)ccc(C#N)c2n1. The molecule has 1 aromatic carbocycles. The monoisotopic (exact) mass is 509 g/mol. The van der Waals surface area contributed by atoms with Gasteiger partial charge in [0, 0.05) is 99.5 Å². The van der Waals surface area contributed by atoms with Crippen LogP contribution >= 0.6 is 0 Å². The molecule has 0 aliphatic carbocycles. The molecule has 3 aromatic rings. The molecule has 2 bridgehead atoms. The quantitative estimate of drug-likeness (QED) is 0.576. The normalized spacial score (nSPS) is 28.0. The molecule has 196 valence electrons. The highest BCUT2D eigenvalue weighted by Crippen LogP contribution is 2.32. The van der Waals surface area contributed by atoms with E-state index >= 15 is 0 Å². The lowest BCUT2D eigenvalue weighted by atomic mass is 9.91. The van der Waals surface area contributed by atoms with E-state index in [-0.39, 0.29) is 6.17 Å². The molecule has 5 saturated heterocycles. The molecule has 2 unspecified atom stereocenters. The van der Waals surface area contributed by atoms with Gasteiger partial charge in [-0.2, -0.15) is 5.26 Å². The number of hydrogen-bond acceptors (Lipinski definition) is 8. The van der Waals surface area contributed by atoms with Gasteiger partial charge in [-0.3, -0.25) is 14.8 Å². The molecule has 7 heterocycles. The molecule has 2 aromatic heterocycles. The summed E-state index contributed by atoms with van der Waals surface area (Å²) in [4.78, 5) is 19.6. The second-order valence-electron chi connectivity index (χ2n) is 11.6. The predicted molar refractivity (Wildman–Crippen MR) is 150 cm³/mol. The molecule has 0 spiro atoms. The zero-order valence-corrected chi connectivity index (χ0v) is 22.3. The minimum Gasteiger partial charge on any atom is -0.368 e. The van der Waals surface area contributed by atoms with Crippen LogP contribution in [-0.4, -0.2) is 89.7 Å². The van der Waals surface area contributed by atoms with Crippen molar-refractivity contribution in [3.63, 3.8) is 0 Å². The van der Waals surface area contributed by atoms with E-state index in [0.717, 1.165) is 74.9 Å². The standard InChI is InChI=1S/C30H36N8/c1-20-14-36(28-7-5-22(13-31)30-27(28)4-3-9-32-30)19-26-18-35(10-11-38(20)26)15-23-6-8-29(33-21(23)2)37-16-24-12-25(17-37)34-24/h3-9,20,24-26,34H,10-12,14-19H2,1-2H3/t20-,24?,25?,26+/m1/s1/i9D. The molecule has 38 heavy (non-hydrogen) atoms. The average molecular weight is 510 g/mol. The van der Waals surface area contributed by atoms with Crippen LogP contribution in [0.3, 0.4) is 0 Å². The summed E-state index contributed by atoms with van der Waals surface area (Å²) in [5.74, 6) is 1.12. The Bertz CT molecular complexity index is 1440. The number of hydrogen-bond donors (Lipinski definition) is 1. The predicted octanol–water partition coefficient (Wildman–Crippen LogP) is 2.76. The first-order chi connectivity index (χ1) is 18.9. The van der Waals surface area contributed by atoms with E-state index in [2.05, 4.69) is 68.0 Å². The maximum Gasteiger partial charge on any atom is 0.128 e. The van der Waals surface area contributed by atoms with Crippen molar-refractivity contribution >= 4 is 22.4 Å². The zero-order valence-electron chi connectivity index (χ0n) is 23.3. The number of rotatable bonds is 4. The van der Waals surface area contributed by atoms with Crippen molar-refractivity contribution in [2.45, 2.75) is 51.0 Å². The first-order valence-corrected chi connectivity index (χ1v) is 14.0. The van der Waals surface area contributed by atoms with E-state index in [1.165, 1.54) is 12.0 Å². The first kappa shape index (κ1) is 22.7. The smallest absolute Gasteiger partial charge is 0.128 e. The van der Waals surface area contributed by atoms with Crippen molar-refractivity contribution in [3.05, 3.63) is 59.4 Å². The summed E-state index contributed by atoms with van der Waals surface area (Å²) in [6.45, 7) is 12.6. The Hall–Kier alpha value is -3.25. The van der Waals surface area contributed by atoms with Gasteiger partial charge in [-0.1, -0.05) is 6.07 Å². The molecule has 0 saturated carbocycles. The van der Waals surface area contributed by atoms with Crippen LogP contribution in [0.15, 0.2) is 42.6 Å². The van der Waals surface area contributed by atoms with Gasteiger partial charge in [-0.15, -0.1) is 0 Å². The van der Waals surface area contributed by atoms with Crippen LogP contribution in [0, 0.1) is 18.3 Å². The fourth-order valence-corrected chi connectivity index (χ4v) is 7.10. The number of aryl methyl sites for hydroxylation is 1. The fraction of sp³-hybridized carbons (Fsp3) is 0.500. The lowest BCUT2D eigenvalue weighted by molar-refractivity contribution is 0.0316. The van der Waals surface area contributed by atoms with Gasteiger partial charge in [0.1, 0.15) is 11.9 Å². The summed E-state index contributed by atoms with van der Waals surface area (Å²) in [6.07, 6.45) is 1.50. The Morgan fingerprint density at radius 1 is 1.05 bits per heavy atom. The maximum atomic E-state index is 9.60. The Morgan fingerprint density at radius 3 is 2.68 bits per heavy atom. The van der Waals surface area contributed by atoms with E-state index in [1.807, 2.05) is 12.1 Å². The van der Waals surface area contributed by atoms with Crippen molar-refractivity contribution in [3.8, 4) is 6.07 Å². The first-order valence-electron chi connectivity index (χ1n) is 14.5. The van der Waals surface area contributed by atoms with Gasteiger partial charge in [0.25, 0.3) is 0 Å². The maximum absolute atomic E-state index is 9.60. The number of anilines is 2. The van der Waals surface area contributed by atoms with E-state index in [4.69, 9.17) is 6.35 Å². The molecular weight excluding hydrogens is 472 g/mol. The number of aromatic nitrogens is 2. The highest BCUT2D eigenvalue weighted by Gasteiger charge is 2.38. The second-order valence-corrected chi connectivity index (χ2v) is 11.6. The molecule has 0 amide bonds. The molecule has 1 N–H and O–H groups in total. The van der Waals surface area contributed by atoms with Crippen molar-refractivity contribution in [2.75, 3.05) is 55.6 Å². The fourth-order valence-electron chi connectivity index (χ4n) is 7.10. The number of pyridine rings is 2. The summed E-state index contributed by atoms with van der Waals surface area (Å²) in [6, 6.07) is 16.5. The number of piperazine rings is 3. The molecule has 0 radical (unpaired) electrons. The number of benzene rings is 1. The summed E-state index contributed by atoms with van der Waals surface area (Å²) in [7, 11) is 0. The second kappa shape index (κ2) is 9.49. The van der Waals surface area contributed by atoms with Crippen LogP contribution in [-0.2, 0) is 6.54 Å². The molecule has 4 atom stereocenters. The van der Waals surface area contributed by atoms with Crippen molar-refractivity contribution in [1.82, 2.24) is 25.1 Å². The number of nitriles is 1.